The van der Waals surface area contributed by atoms with E-state index < -0.39 is 0 Å². The van der Waals surface area contributed by atoms with Gasteiger partial charge in [0, 0.05) is 25.3 Å². The number of hydrogen-bond donors (Lipinski definition) is 2. The zero-order valence-electron chi connectivity index (χ0n) is 13.0. The Morgan fingerprint density at radius 2 is 2.00 bits per heavy atom. The van der Waals surface area contributed by atoms with E-state index in [-0.39, 0.29) is 6.10 Å². The van der Waals surface area contributed by atoms with E-state index in [4.69, 9.17) is 0 Å². The highest BCUT2D eigenvalue weighted by molar-refractivity contribution is 5.54. The first-order valence-corrected chi connectivity index (χ1v) is 7.79. The molecule has 1 aromatic carbocycles. The van der Waals surface area contributed by atoms with E-state index in [0.29, 0.717) is 5.92 Å². The van der Waals surface area contributed by atoms with Crippen molar-refractivity contribution in [2.75, 3.05) is 24.5 Å². The van der Waals surface area contributed by atoms with Crippen LogP contribution in [0.5, 0.6) is 0 Å². The lowest BCUT2D eigenvalue weighted by Crippen LogP contribution is -2.36. The average Bonchev–Trinajstić information content (AvgIpc) is 2.40. The smallest absolute Gasteiger partial charge is 0.0574 e. The molecule has 1 aliphatic heterocycles. The fourth-order valence-corrected chi connectivity index (χ4v) is 2.79. The Morgan fingerprint density at radius 3 is 2.60 bits per heavy atom. The molecule has 20 heavy (non-hydrogen) atoms. The molecule has 0 unspecified atom stereocenters. The number of hydrogen-bond acceptors (Lipinski definition) is 3. The van der Waals surface area contributed by atoms with Crippen LogP contribution in [-0.2, 0) is 6.54 Å². The summed E-state index contributed by atoms with van der Waals surface area (Å²) in [6.45, 7) is 10.6. The van der Waals surface area contributed by atoms with Crippen molar-refractivity contribution in [1.29, 1.82) is 0 Å². The van der Waals surface area contributed by atoms with E-state index in [1.165, 1.54) is 16.8 Å². The Morgan fingerprint density at radius 1 is 1.30 bits per heavy atom. The second-order valence-electron chi connectivity index (χ2n) is 6.36. The van der Waals surface area contributed by atoms with E-state index in [9.17, 15) is 5.11 Å². The molecule has 2 N–H and O–H groups in total. The minimum absolute atomic E-state index is 0.105. The maximum atomic E-state index is 9.59. The Balaban J connectivity index is 1.95. The number of piperidine rings is 1. The first-order chi connectivity index (χ1) is 9.56. The molecule has 2 rings (SSSR count). The summed E-state index contributed by atoms with van der Waals surface area (Å²) < 4.78 is 0. The van der Waals surface area contributed by atoms with Crippen LogP contribution in [-0.4, -0.2) is 30.8 Å². The first kappa shape index (κ1) is 15.3. The topological polar surface area (TPSA) is 35.5 Å². The SMILES string of the molecule is Cc1cc(CNCC(C)C)ccc1N1CCC(O)CC1. The highest BCUT2D eigenvalue weighted by Crippen LogP contribution is 2.24. The molecule has 0 radical (unpaired) electrons. The highest BCUT2D eigenvalue weighted by Gasteiger charge is 2.18. The fourth-order valence-electron chi connectivity index (χ4n) is 2.79. The molecule has 1 fully saturated rings. The van der Waals surface area contributed by atoms with Crippen molar-refractivity contribution >= 4 is 5.69 Å². The molecule has 0 aromatic heterocycles. The normalized spacial score (nSPS) is 16.9. The second-order valence-corrected chi connectivity index (χ2v) is 6.36. The van der Waals surface area contributed by atoms with Crippen LogP contribution in [0.2, 0.25) is 0 Å². The summed E-state index contributed by atoms with van der Waals surface area (Å²) in [7, 11) is 0. The Bertz CT molecular complexity index is 423. The summed E-state index contributed by atoms with van der Waals surface area (Å²) in [6, 6.07) is 6.74. The molecule has 0 bridgehead atoms. The van der Waals surface area contributed by atoms with Crippen LogP contribution in [0, 0.1) is 12.8 Å². The van der Waals surface area contributed by atoms with E-state index in [2.05, 4.69) is 49.2 Å². The Hall–Kier alpha value is -1.06. The van der Waals surface area contributed by atoms with Gasteiger partial charge in [0.15, 0.2) is 0 Å². The van der Waals surface area contributed by atoms with Crippen molar-refractivity contribution in [3.63, 3.8) is 0 Å². The van der Waals surface area contributed by atoms with Crippen molar-refractivity contribution < 1.29 is 5.11 Å². The quantitative estimate of drug-likeness (QED) is 0.868. The molecular weight excluding hydrogens is 248 g/mol. The predicted octanol–water partition coefficient (Wildman–Crippen LogP) is 2.70. The zero-order chi connectivity index (χ0) is 14.5. The first-order valence-electron chi connectivity index (χ1n) is 7.79. The van der Waals surface area contributed by atoms with Crippen molar-refractivity contribution in [2.24, 2.45) is 5.92 Å². The lowest BCUT2D eigenvalue weighted by molar-refractivity contribution is 0.145. The maximum absolute atomic E-state index is 9.59. The molecule has 1 aromatic rings. The third-order valence-corrected chi connectivity index (χ3v) is 3.95. The predicted molar refractivity (Wildman–Crippen MR) is 85.2 cm³/mol. The average molecular weight is 276 g/mol. The summed E-state index contributed by atoms with van der Waals surface area (Å²) in [5, 5.41) is 13.1. The van der Waals surface area contributed by atoms with Gasteiger partial charge in [-0.25, -0.2) is 0 Å². The van der Waals surface area contributed by atoms with E-state index in [0.717, 1.165) is 39.0 Å². The van der Waals surface area contributed by atoms with E-state index in [1.54, 1.807) is 0 Å². The molecule has 0 atom stereocenters. The second kappa shape index (κ2) is 7.09. The molecule has 3 nitrogen and oxygen atoms in total. The van der Waals surface area contributed by atoms with Gasteiger partial charge >= 0.3 is 0 Å². The van der Waals surface area contributed by atoms with Crippen molar-refractivity contribution in [3.05, 3.63) is 29.3 Å². The van der Waals surface area contributed by atoms with Gasteiger partial charge < -0.3 is 15.3 Å². The van der Waals surface area contributed by atoms with Gasteiger partial charge in [-0.1, -0.05) is 26.0 Å². The minimum atomic E-state index is -0.105. The molecule has 1 heterocycles. The van der Waals surface area contributed by atoms with Gasteiger partial charge in [0.1, 0.15) is 0 Å². The van der Waals surface area contributed by atoms with Crippen LogP contribution < -0.4 is 10.2 Å². The summed E-state index contributed by atoms with van der Waals surface area (Å²) in [5.74, 6) is 0.690. The molecule has 3 heteroatoms. The van der Waals surface area contributed by atoms with Gasteiger partial charge in [0.25, 0.3) is 0 Å². The number of aliphatic hydroxyl groups is 1. The molecule has 1 aliphatic rings. The number of nitrogens with one attached hydrogen (secondary N) is 1. The van der Waals surface area contributed by atoms with Crippen LogP contribution in [0.25, 0.3) is 0 Å². The molecule has 0 amide bonds. The van der Waals surface area contributed by atoms with Gasteiger partial charge in [0.2, 0.25) is 0 Å². The van der Waals surface area contributed by atoms with Crippen LogP contribution in [0.1, 0.15) is 37.8 Å². The van der Waals surface area contributed by atoms with Gasteiger partial charge in [-0.2, -0.15) is 0 Å². The number of nitrogens with zero attached hydrogens (tertiary/aromatic N) is 1. The molecule has 1 saturated heterocycles. The summed E-state index contributed by atoms with van der Waals surface area (Å²) in [4.78, 5) is 2.40. The van der Waals surface area contributed by atoms with Crippen LogP contribution in [0.4, 0.5) is 5.69 Å². The summed E-state index contributed by atoms with van der Waals surface area (Å²) in [6.07, 6.45) is 1.67. The van der Waals surface area contributed by atoms with E-state index in [1.807, 2.05) is 0 Å². The third kappa shape index (κ3) is 4.22. The molecule has 0 aliphatic carbocycles. The van der Waals surface area contributed by atoms with E-state index >= 15 is 0 Å². The number of aryl methyl sites for hydroxylation is 1. The van der Waals surface area contributed by atoms with Gasteiger partial charge in [-0.3, -0.25) is 0 Å². The van der Waals surface area contributed by atoms with Crippen LogP contribution in [0.15, 0.2) is 18.2 Å². The number of benzene rings is 1. The zero-order valence-corrected chi connectivity index (χ0v) is 13.0. The molecular formula is C17H28N2O. The Kier molecular flexibility index (Phi) is 5.44. The van der Waals surface area contributed by atoms with Crippen LogP contribution >= 0.6 is 0 Å². The Labute approximate surface area is 123 Å². The van der Waals surface area contributed by atoms with Crippen molar-refractivity contribution in [3.8, 4) is 0 Å². The highest BCUT2D eigenvalue weighted by atomic mass is 16.3. The lowest BCUT2D eigenvalue weighted by atomic mass is 10.0. The largest absolute Gasteiger partial charge is 0.393 e. The fraction of sp³-hybridized carbons (Fsp3) is 0.647. The standard InChI is InChI=1S/C17H28N2O/c1-13(2)11-18-12-15-4-5-17(14(3)10-15)19-8-6-16(20)7-9-19/h4-5,10,13,16,18,20H,6-9,11-12H2,1-3H3. The van der Waals surface area contributed by atoms with Gasteiger partial charge in [0.05, 0.1) is 6.10 Å². The number of rotatable bonds is 5. The summed E-state index contributed by atoms with van der Waals surface area (Å²) >= 11 is 0. The van der Waals surface area contributed by atoms with Gasteiger partial charge in [-0.15, -0.1) is 0 Å². The monoisotopic (exact) mass is 276 g/mol. The third-order valence-electron chi connectivity index (χ3n) is 3.95. The van der Waals surface area contributed by atoms with Crippen molar-refractivity contribution in [1.82, 2.24) is 5.32 Å². The minimum Gasteiger partial charge on any atom is -0.393 e. The lowest BCUT2D eigenvalue weighted by Gasteiger charge is -2.32. The molecule has 0 spiro atoms. The number of anilines is 1. The molecule has 112 valence electrons. The van der Waals surface area contributed by atoms with Crippen LogP contribution in [0.3, 0.4) is 0 Å². The molecule has 0 saturated carbocycles. The van der Waals surface area contributed by atoms with Gasteiger partial charge in [-0.05, 0) is 49.4 Å². The van der Waals surface area contributed by atoms with Crippen molar-refractivity contribution in [2.45, 2.75) is 46.3 Å². The maximum Gasteiger partial charge on any atom is 0.0574 e. The number of aliphatic hydroxyl groups excluding tert-OH is 1. The summed E-state index contributed by atoms with van der Waals surface area (Å²) in [5.41, 5.74) is 4.01.